The molecule has 2 aromatic carbocycles. The van der Waals surface area contributed by atoms with Crippen molar-refractivity contribution in [1.82, 2.24) is 19.9 Å². The van der Waals surface area contributed by atoms with E-state index in [0.29, 0.717) is 21.3 Å². The highest BCUT2D eigenvalue weighted by Crippen LogP contribution is 2.37. The highest BCUT2D eigenvalue weighted by atomic mass is 35.5. The maximum atomic E-state index is 13.8. The Kier molecular flexibility index (Phi) is 7.90. The lowest BCUT2D eigenvalue weighted by Crippen LogP contribution is -2.21. The number of thiazole rings is 1. The van der Waals surface area contributed by atoms with Crippen molar-refractivity contribution in [2.24, 2.45) is 0 Å². The standard InChI is InChI=1S/C20H18ClFN4O6S3/c1-31-4-5-35(29,30)18(19-26-25-17(32-19)10-23-34(27)28)20-24-15-3-2-11(8-16(15)33-20)12-6-13(21)9-14(22)7-12/h2-3,6-9,18,23H,4-5,10H2,1H3,(H,27,28). The van der Waals surface area contributed by atoms with E-state index in [2.05, 4.69) is 19.9 Å². The Bertz CT molecular complexity index is 1470. The second-order valence-corrected chi connectivity index (χ2v) is 11.7. The summed E-state index contributed by atoms with van der Waals surface area (Å²) in [6.07, 6.45) is 0. The summed E-state index contributed by atoms with van der Waals surface area (Å²) in [5, 5.41) is 6.69. The molecule has 0 saturated carbocycles. The molecule has 0 fully saturated rings. The minimum atomic E-state index is -3.90. The summed E-state index contributed by atoms with van der Waals surface area (Å²) in [5.74, 6) is -1.10. The Labute approximate surface area is 210 Å². The lowest BCUT2D eigenvalue weighted by atomic mass is 10.1. The molecule has 35 heavy (non-hydrogen) atoms. The molecule has 0 amide bonds. The van der Waals surface area contributed by atoms with Crippen LogP contribution in [0.3, 0.4) is 0 Å². The molecule has 15 heteroatoms. The summed E-state index contributed by atoms with van der Waals surface area (Å²) in [6.45, 7) is -0.291. The van der Waals surface area contributed by atoms with Crippen molar-refractivity contribution in [3.05, 3.63) is 64.0 Å². The van der Waals surface area contributed by atoms with Gasteiger partial charge in [-0.3, -0.25) is 4.55 Å². The van der Waals surface area contributed by atoms with Gasteiger partial charge >= 0.3 is 0 Å². The first-order valence-corrected chi connectivity index (χ1v) is 13.9. The third-order valence-corrected chi connectivity index (χ3v) is 8.53. The Balaban J connectivity index is 1.76. The van der Waals surface area contributed by atoms with Crippen LogP contribution in [-0.4, -0.2) is 51.8 Å². The Morgan fingerprint density at radius 3 is 2.77 bits per heavy atom. The number of rotatable bonds is 10. The molecule has 186 valence electrons. The van der Waals surface area contributed by atoms with Gasteiger partial charge in [0.05, 0.1) is 29.1 Å². The third kappa shape index (κ3) is 6.09. The minimum Gasteiger partial charge on any atom is -0.422 e. The van der Waals surface area contributed by atoms with Crippen molar-refractivity contribution in [3.63, 3.8) is 0 Å². The van der Waals surface area contributed by atoms with Gasteiger partial charge in [-0.15, -0.1) is 21.5 Å². The number of nitrogens with one attached hydrogen (secondary N) is 1. The molecule has 2 atom stereocenters. The van der Waals surface area contributed by atoms with Crippen molar-refractivity contribution in [1.29, 1.82) is 0 Å². The van der Waals surface area contributed by atoms with Crippen LogP contribution in [0.15, 0.2) is 40.8 Å². The number of sulfone groups is 1. The van der Waals surface area contributed by atoms with Crippen LogP contribution in [0.25, 0.3) is 21.3 Å². The first kappa shape index (κ1) is 25.8. The molecule has 2 aromatic heterocycles. The molecule has 4 aromatic rings. The number of hydrogen-bond acceptors (Lipinski definition) is 9. The Morgan fingerprint density at radius 2 is 2.06 bits per heavy atom. The van der Waals surface area contributed by atoms with E-state index in [9.17, 15) is 17.0 Å². The summed E-state index contributed by atoms with van der Waals surface area (Å²) in [6, 6.07) is 9.37. The van der Waals surface area contributed by atoms with Crippen LogP contribution >= 0.6 is 22.9 Å². The zero-order chi connectivity index (χ0) is 25.2. The molecule has 0 aliphatic heterocycles. The second kappa shape index (κ2) is 10.7. The molecule has 0 bridgehead atoms. The van der Waals surface area contributed by atoms with Gasteiger partial charge in [-0.1, -0.05) is 17.7 Å². The SMILES string of the molecule is COCCS(=O)(=O)C(c1nnc(CNS(=O)O)o1)c1nc2ccc(-c3cc(F)cc(Cl)c3)cc2s1. The molecule has 2 unspecified atom stereocenters. The first-order valence-electron chi connectivity index (χ1n) is 9.90. The van der Waals surface area contributed by atoms with E-state index in [-0.39, 0.29) is 40.7 Å². The molecule has 0 radical (unpaired) electrons. The zero-order valence-corrected chi connectivity index (χ0v) is 21.2. The third-order valence-electron chi connectivity index (χ3n) is 4.81. The van der Waals surface area contributed by atoms with Gasteiger partial charge in [-0.05, 0) is 41.5 Å². The topological polar surface area (TPSA) is 145 Å². The van der Waals surface area contributed by atoms with Gasteiger partial charge in [-0.25, -0.2) is 26.7 Å². The molecule has 10 nitrogen and oxygen atoms in total. The molecule has 2 heterocycles. The number of ether oxygens (including phenoxy) is 1. The van der Waals surface area contributed by atoms with Crippen molar-refractivity contribution >= 4 is 54.3 Å². The maximum Gasteiger partial charge on any atom is 0.241 e. The molecular weight excluding hydrogens is 543 g/mol. The van der Waals surface area contributed by atoms with Crippen molar-refractivity contribution in [3.8, 4) is 11.1 Å². The fourth-order valence-corrected chi connectivity index (χ4v) is 6.68. The van der Waals surface area contributed by atoms with E-state index < -0.39 is 32.2 Å². The quantitative estimate of drug-likeness (QED) is 0.278. The van der Waals surface area contributed by atoms with Gasteiger partial charge in [0, 0.05) is 12.1 Å². The number of nitrogens with zero attached hydrogens (tertiary/aromatic N) is 3. The minimum absolute atomic E-state index is 0.0553. The monoisotopic (exact) mass is 560 g/mol. The fraction of sp³-hybridized carbons (Fsp3) is 0.250. The van der Waals surface area contributed by atoms with Crippen LogP contribution in [0, 0.1) is 5.82 Å². The van der Waals surface area contributed by atoms with E-state index in [4.69, 9.17) is 25.3 Å². The van der Waals surface area contributed by atoms with Gasteiger partial charge in [0.15, 0.2) is 15.1 Å². The molecule has 4 rings (SSSR count). The van der Waals surface area contributed by atoms with Crippen LogP contribution in [0.4, 0.5) is 4.39 Å². The normalized spacial score (nSPS) is 13.8. The number of hydrogen-bond donors (Lipinski definition) is 2. The number of methoxy groups -OCH3 is 1. The van der Waals surface area contributed by atoms with Gasteiger partial charge in [0.25, 0.3) is 0 Å². The van der Waals surface area contributed by atoms with Gasteiger partial charge in [0.2, 0.25) is 23.0 Å². The van der Waals surface area contributed by atoms with Gasteiger partial charge in [-0.2, -0.15) is 0 Å². The van der Waals surface area contributed by atoms with E-state index in [1.54, 1.807) is 24.3 Å². The lowest BCUT2D eigenvalue weighted by Gasteiger charge is -2.11. The predicted molar refractivity (Wildman–Crippen MR) is 129 cm³/mol. The lowest BCUT2D eigenvalue weighted by molar-refractivity contribution is 0.217. The molecule has 0 aliphatic carbocycles. The smallest absolute Gasteiger partial charge is 0.241 e. The van der Waals surface area contributed by atoms with Crippen LogP contribution < -0.4 is 4.72 Å². The van der Waals surface area contributed by atoms with Gasteiger partial charge < -0.3 is 9.15 Å². The average molecular weight is 561 g/mol. The van der Waals surface area contributed by atoms with Crippen LogP contribution in [0.1, 0.15) is 22.0 Å². The Hall–Kier alpha value is -2.33. The number of aromatic nitrogens is 3. The summed E-state index contributed by atoms with van der Waals surface area (Å²) in [7, 11) is -2.52. The number of halogens is 2. The molecule has 0 spiro atoms. The summed E-state index contributed by atoms with van der Waals surface area (Å²) in [4.78, 5) is 4.48. The van der Waals surface area contributed by atoms with Crippen LogP contribution in [0.5, 0.6) is 0 Å². The number of benzene rings is 2. The van der Waals surface area contributed by atoms with E-state index in [1.807, 2.05) is 0 Å². The van der Waals surface area contributed by atoms with Crippen LogP contribution in [0.2, 0.25) is 5.02 Å². The molecule has 0 saturated heterocycles. The Morgan fingerprint density at radius 1 is 1.26 bits per heavy atom. The molecule has 2 N–H and O–H groups in total. The highest BCUT2D eigenvalue weighted by Gasteiger charge is 2.36. The zero-order valence-electron chi connectivity index (χ0n) is 18.0. The summed E-state index contributed by atoms with van der Waals surface area (Å²) in [5.41, 5.74) is 1.77. The van der Waals surface area contributed by atoms with E-state index >= 15 is 0 Å². The summed E-state index contributed by atoms with van der Waals surface area (Å²) < 4.78 is 73.2. The fourth-order valence-electron chi connectivity index (χ4n) is 3.25. The maximum absolute atomic E-state index is 13.8. The molecular formula is C20H18ClFN4O6S3. The van der Waals surface area contributed by atoms with Crippen molar-refractivity contribution in [2.45, 2.75) is 11.8 Å². The molecule has 0 aliphatic rings. The highest BCUT2D eigenvalue weighted by molar-refractivity contribution is 7.92. The van der Waals surface area contributed by atoms with Gasteiger partial charge in [0.1, 0.15) is 10.8 Å². The van der Waals surface area contributed by atoms with Crippen molar-refractivity contribution in [2.75, 3.05) is 19.5 Å². The largest absolute Gasteiger partial charge is 0.422 e. The predicted octanol–water partition coefficient (Wildman–Crippen LogP) is 3.52. The average Bonchev–Trinajstić information content (AvgIpc) is 3.42. The van der Waals surface area contributed by atoms with Crippen LogP contribution in [-0.2, 0) is 32.4 Å². The number of fused-ring (bicyclic) bond motifs is 1. The van der Waals surface area contributed by atoms with E-state index in [1.165, 1.54) is 19.2 Å². The first-order chi connectivity index (χ1) is 16.7. The van der Waals surface area contributed by atoms with Crippen molar-refractivity contribution < 1.29 is 30.7 Å². The van der Waals surface area contributed by atoms with E-state index in [0.717, 1.165) is 11.3 Å². The second-order valence-electron chi connectivity index (χ2n) is 7.24. The summed E-state index contributed by atoms with van der Waals surface area (Å²) >= 11 is 4.78.